The minimum absolute atomic E-state index is 0.0500. The number of rotatable bonds is 5. The minimum atomic E-state index is -4.29. The predicted molar refractivity (Wildman–Crippen MR) is 123 cm³/mol. The summed E-state index contributed by atoms with van der Waals surface area (Å²) in [5.41, 5.74) is 9.06. The van der Waals surface area contributed by atoms with Crippen LogP contribution in [0.4, 0.5) is 0 Å². The molecule has 0 aromatic heterocycles. The topological polar surface area (TPSA) is 54.4 Å². The molecule has 1 atom stereocenters. The van der Waals surface area contributed by atoms with E-state index < -0.39 is 10.1 Å². The Labute approximate surface area is 176 Å². The third-order valence-electron chi connectivity index (χ3n) is 5.03. The first-order valence-electron chi connectivity index (χ1n) is 9.55. The first kappa shape index (κ1) is 21.7. The van der Waals surface area contributed by atoms with Crippen LogP contribution in [0.3, 0.4) is 0 Å². The van der Waals surface area contributed by atoms with Crippen LogP contribution in [0.25, 0.3) is 0 Å². The number of hydrogen-bond acceptors (Lipinski definition) is 2. The molecule has 1 unspecified atom stereocenters. The lowest BCUT2D eigenvalue weighted by atomic mass is 9.93. The summed E-state index contributed by atoms with van der Waals surface area (Å²) in [4.78, 5) is -0.0500. The number of aryl methyl sites for hydroxylation is 4. The second-order valence-corrected chi connectivity index (χ2v) is 9.90. The fraction of sp³-hybridized carbons (Fsp3) is 0.250. The van der Waals surface area contributed by atoms with Gasteiger partial charge in [0, 0.05) is 0 Å². The molecule has 0 saturated heterocycles. The average Bonchev–Trinajstić information content (AvgIpc) is 2.55. The van der Waals surface area contributed by atoms with Crippen LogP contribution in [0.2, 0.25) is 0 Å². The van der Waals surface area contributed by atoms with E-state index >= 15 is 0 Å². The van der Waals surface area contributed by atoms with Gasteiger partial charge in [0.15, 0.2) is 0 Å². The van der Waals surface area contributed by atoms with Crippen LogP contribution in [0.5, 0.6) is 0 Å². The third-order valence-corrected chi connectivity index (χ3v) is 6.81. The first-order valence-corrected chi connectivity index (χ1v) is 11.6. The van der Waals surface area contributed by atoms with Crippen LogP contribution < -0.4 is 5.30 Å². The number of hydrogen-bond donors (Lipinski definition) is 1. The lowest BCUT2D eigenvalue weighted by Crippen LogP contribution is -2.17. The molecule has 3 rings (SSSR count). The van der Waals surface area contributed by atoms with Crippen molar-refractivity contribution in [3.8, 4) is 0 Å². The summed E-state index contributed by atoms with van der Waals surface area (Å²) in [7, 11) is -1.76. The van der Waals surface area contributed by atoms with Crippen LogP contribution in [0, 0.1) is 27.7 Å². The van der Waals surface area contributed by atoms with Gasteiger partial charge in [-0.05, 0) is 74.2 Å². The molecule has 0 aliphatic heterocycles. The van der Waals surface area contributed by atoms with E-state index in [2.05, 4.69) is 73.3 Å². The van der Waals surface area contributed by atoms with Gasteiger partial charge >= 0.3 is 0 Å². The maximum absolute atomic E-state index is 11.9. The normalized spacial score (nSPS) is 11.7. The molecule has 0 spiro atoms. The van der Waals surface area contributed by atoms with Gasteiger partial charge in [-0.25, -0.2) is 0 Å². The molecule has 0 saturated carbocycles. The molecule has 152 valence electrons. The van der Waals surface area contributed by atoms with Crippen LogP contribution in [-0.4, -0.2) is 13.0 Å². The molecule has 1 N–H and O–H groups in total. The Hall–Kier alpha value is -2.00. The molecule has 0 fully saturated rings. The van der Waals surface area contributed by atoms with Gasteiger partial charge in [0.1, 0.15) is 4.90 Å². The summed E-state index contributed by atoms with van der Waals surface area (Å²) in [5, 5.41) is 0.536. The summed E-state index contributed by atoms with van der Waals surface area (Å²) < 4.78 is 33.4. The fourth-order valence-electron chi connectivity index (χ4n) is 4.05. The quantitative estimate of drug-likeness (QED) is 0.469. The smallest absolute Gasteiger partial charge is 0.282 e. The van der Waals surface area contributed by atoms with Gasteiger partial charge in [0.05, 0.1) is 0 Å². The standard InChI is InChI=1S/C24H27O3PS/c1-15-7-16(2)10-19(9-15)13-21-5-6-23(29(25,26)27)24(28)22(21)14-20-11-17(3)8-18(4)12-20/h5-12H,13-14,28H2,1-4H3,(H,25,26,27). The average molecular weight is 427 g/mol. The van der Waals surface area contributed by atoms with Crippen molar-refractivity contribution in [1.82, 2.24) is 0 Å². The molecule has 0 heterocycles. The molecule has 3 aromatic rings. The fourth-order valence-corrected chi connectivity index (χ4v) is 5.53. The lowest BCUT2D eigenvalue weighted by Gasteiger charge is -2.17. The Morgan fingerprint density at radius 2 is 1.21 bits per heavy atom. The summed E-state index contributed by atoms with van der Waals surface area (Å²) >= 11 is 0. The highest BCUT2D eigenvalue weighted by atomic mass is 32.2. The van der Waals surface area contributed by atoms with Gasteiger partial charge in [0.2, 0.25) is 0 Å². The van der Waals surface area contributed by atoms with Crippen molar-refractivity contribution >= 4 is 24.7 Å². The van der Waals surface area contributed by atoms with Gasteiger partial charge in [-0.15, -0.1) is 9.24 Å². The van der Waals surface area contributed by atoms with Crippen LogP contribution in [0.15, 0.2) is 53.4 Å². The number of benzene rings is 3. The van der Waals surface area contributed by atoms with E-state index in [1.807, 2.05) is 6.07 Å². The lowest BCUT2D eigenvalue weighted by molar-refractivity contribution is 0.484. The van der Waals surface area contributed by atoms with Crippen molar-refractivity contribution in [1.29, 1.82) is 0 Å². The van der Waals surface area contributed by atoms with Crippen molar-refractivity contribution in [2.45, 2.75) is 45.4 Å². The molecule has 0 bridgehead atoms. The molecule has 0 aliphatic rings. The second kappa shape index (κ2) is 8.39. The Kier molecular flexibility index (Phi) is 6.28. The maximum Gasteiger partial charge on any atom is 0.295 e. The molecule has 0 amide bonds. The van der Waals surface area contributed by atoms with Gasteiger partial charge in [-0.2, -0.15) is 8.42 Å². The molecular weight excluding hydrogens is 399 g/mol. The van der Waals surface area contributed by atoms with Crippen molar-refractivity contribution in [2.24, 2.45) is 0 Å². The highest BCUT2D eigenvalue weighted by Crippen LogP contribution is 2.24. The van der Waals surface area contributed by atoms with Gasteiger partial charge in [0.25, 0.3) is 10.1 Å². The molecule has 0 radical (unpaired) electrons. The second-order valence-electron chi connectivity index (χ2n) is 7.94. The van der Waals surface area contributed by atoms with Gasteiger partial charge in [-0.1, -0.05) is 64.7 Å². The van der Waals surface area contributed by atoms with E-state index in [-0.39, 0.29) is 4.90 Å². The highest BCUT2D eigenvalue weighted by Gasteiger charge is 2.19. The molecule has 5 heteroatoms. The summed E-state index contributed by atoms with van der Waals surface area (Å²) in [6.07, 6.45) is 1.31. The molecule has 3 nitrogen and oxygen atoms in total. The monoisotopic (exact) mass is 426 g/mol. The van der Waals surface area contributed by atoms with Gasteiger partial charge < -0.3 is 0 Å². The molecular formula is C24H27O3PS. The van der Waals surface area contributed by atoms with Crippen molar-refractivity contribution in [2.75, 3.05) is 0 Å². The SMILES string of the molecule is Cc1cc(C)cc(Cc2ccc(S(=O)(=O)O)c(P)c2Cc2cc(C)cc(C)c2)c1. The van der Waals surface area contributed by atoms with E-state index in [9.17, 15) is 13.0 Å². The van der Waals surface area contributed by atoms with Crippen LogP contribution in [-0.2, 0) is 23.0 Å². The third kappa shape index (κ3) is 5.33. The van der Waals surface area contributed by atoms with E-state index in [4.69, 9.17) is 0 Å². The summed E-state index contributed by atoms with van der Waals surface area (Å²) in [6.45, 7) is 8.28. The van der Waals surface area contributed by atoms with Crippen molar-refractivity contribution in [3.63, 3.8) is 0 Å². The Morgan fingerprint density at radius 3 is 1.66 bits per heavy atom. The summed E-state index contributed by atoms with van der Waals surface area (Å²) in [6, 6.07) is 16.2. The first-order chi connectivity index (χ1) is 13.5. The highest BCUT2D eigenvalue weighted by molar-refractivity contribution is 7.86. The van der Waals surface area contributed by atoms with E-state index in [0.717, 1.165) is 16.7 Å². The maximum atomic E-state index is 11.9. The Bertz CT molecular complexity index is 1140. The largest absolute Gasteiger partial charge is 0.295 e. The Morgan fingerprint density at radius 1 is 0.759 bits per heavy atom. The zero-order valence-corrected chi connectivity index (χ0v) is 19.3. The van der Waals surface area contributed by atoms with E-state index in [1.54, 1.807) is 0 Å². The minimum Gasteiger partial charge on any atom is -0.282 e. The Balaban J connectivity index is 2.13. The van der Waals surface area contributed by atoms with Crippen LogP contribution in [0.1, 0.15) is 44.5 Å². The molecule has 29 heavy (non-hydrogen) atoms. The summed E-state index contributed by atoms with van der Waals surface area (Å²) in [5.74, 6) is 0. The van der Waals surface area contributed by atoms with Crippen molar-refractivity contribution in [3.05, 3.63) is 93.0 Å². The zero-order chi connectivity index (χ0) is 21.3. The molecule has 3 aromatic carbocycles. The zero-order valence-electron chi connectivity index (χ0n) is 17.3. The van der Waals surface area contributed by atoms with Crippen molar-refractivity contribution < 1.29 is 13.0 Å². The van der Waals surface area contributed by atoms with Gasteiger partial charge in [-0.3, -0.25) is 4.55 Å². The van der Waals surface area contributed by atoms with E-state index in [1.165, 1.54) is 33.9 Å². The molecule has 0 aliphatic carbocycles. The predicted octanol–water partition coefficient (Wildman–Crippen LogP) is 4.85. The van der Waals surface area contributed by atoms with E-state index in [0.29, 0.717) is 18.1 Å². The van der Waals surface area contributed by atoms with Crippen LogP contribution >= 0.6 is 9.24 Å².